The van der Waals surface area contributed by atoms with Gasteiger partial charge in [0.1, 0.15) is 0 Å². The Morgan fingerprint density at radius 3 is 2.68 bits per heavy atom. The van der Waals surface area contributed by atoms with Crippen molar-refractivity contribution < 1.29 is 14.7 Å². The van der Waals surface area contributed by atoms with E-state index in [2.05, 4.69) is 13.8 Å². The smallest absolute Gasteiger partial charge is 0.335 e. The maximum Gasteiger partial charge on any atom is 0.335 e. The summed E-state index contributed by atoms with van der Waals surface area (Å²) in [7, 11) is 3.68. The van der Waals surface area contributed by atoms with Crippen LogP contribution in [0.5, 0.6) is 0 Å². The van der Waals surface area contributed by atoms with Crippen LogP contribution in [0.1, 0.15) is 36.2 Å². The fourth-order valence-corrected chi connectivity index (χ4v) is 6.24. The second-order valence-corrected chi connectivity index (χ2v) is 9.38. The van der Waals surface area contributed by atoms with Crippen molar-refractivity contribution >= 4 is 33.5 Å². The lowest BCUT2D eigenvalue weighted by atomic mass is 9.97. The first-order valence-electron chi connectivity index (χ1n) is 7.32. The summed E-state index contributed by atoms with van der Waals surface area (Å²) < 4.78 is 0.0343. The minimum absolute atomic E-state index is 0.0343. The van der Waals surface area contributed by atoms with Crippen molar-refractivity contribution in [2.75, 3.05) is 5.75 Å². The summed E-state index contributed by atoms with van der Waals surface area (Å²) in [5.74, 6) is 0.333. The summed E-state index contributed by atoms with van der Waals surface area (Å²) in [6.45, 7) is 4.97. The Morgan fingerprint density at radius 1 is 1.36 bits per heavy atom. The second kappa shape index (κ2) is 5.81. The van der Waals surface area contributed by atoms with E-state index in [4.69, 9.17) is 5.11 Å². The van der Waals surface area contributed by atoms with E-state index in [-0.39, 0.29) is 28.2 Å². The van der Waals surface area contributed by atoms with Crippen LogP contribution in [0.25, 0.3) is 0 Å². The zero-order chi connectivity index (χ0) is 15.9. The number of fused-ring (bicyclic) bond motifs is 2. The summed E-state index contributed by atoms with van der Waals surface area (Å²) in [6.07, 6.45) is 0.930. The minimum atomic E-state index is -0.925. The third-order valence-corrected chi connectivity index (χ3v) is 7.82. The van der Waals surface area contributed by atoms with E-state index in [9.17, 15) is 9.59 Å². The molecule has 2 bridgehead atoms. The van der Waals surface area contributed by atoms with Gasteiger partial charge in [-0.25, -0.2) is 4.79 Å². The van der Waals surface area contributed by atoms with Crippen LogP contribution in [0.2, 0.25) is 0 Å². The van der Waals surface area contributed by atoms with Crippen molar-refractivity contribution in [1.29, 1.82) is 0 Å². The molecule has 4 nitrogen and oxygen atoms in total. The predicted octanol–water partition coefficient (Wildman–Crippen LogP) is 3.28. The van der Waals surface area contributed by atoms with Crippen molar-refractivity contribution in [2.45, 2.75) is 37.6 Å². The molecule has 118 valence electrons. The van der Waals surface area contributed by atoms with Crippen LogP contribution < -0.4 is 0 Å². The average Bonchev–Trinajstić information content (AvgIpc) is 2.68. The molecule has 2 unspecified atom stereocenters. The molecule has 0 aromatic heterocycles. The van der Waals surface area contributed by atoms with Crippen LogP contribution in [-0.2, 0) is 11.3 Å². The molecule has 2 aliphatic heterocycles. The van der Waals surface area contributed by atoms with E-state index in [1.807, 2.05) is 27.8 Å². The first-order chi connectivity index (χ1) is 10.4. The van der Waals surface area contributed by atoms with Gasteiger partial charge in [-0.3, -0.25) is 4.79 Å². The maximum atomic E-state index is 12.6. The largest absolute Gasteiger partial charge is 0.478 e. The van der Waals surface area contributed by atoms with Crippen molar-refractivity contribution in [1.82, 2.24) is 4.90 Å². The Labute approximate surface area is 138 Å². The lowest BCUT2D eigenvalue weighted by Crippen LogP contribution is -2.44. The highest BCUT2D eigenvalue weighted by Gasteiger charge is 2.49. The fraction of sp³-hybridized carbons (Fsp3) is 0.500. The molecule has 1 amide bonds. The zero-order valence-corrected chi connectivity index (χ0v) is 14.2. The number of amides is 1. The van der Waals surface area contributed by atoms with Gasteiger partial charge in [0.25, 0.3) is 0 Å². The number of likely N-dealkylation sites (tertiary alicyclic amines) is 1. The van der Waals surface area contributed by atoms with Crippen molar-refractivity contribution in [3.05, 3.63) is 35.4 Å². The summed E-state index contributed by atoms with van der Waals surface area (Å²) in [6, 6.07) is 7.06. The minimum Gasteiger partial charge on any atom is -0.478 e. The number of nitrogens with zero attached hydrogens (tertiary/aromatic N) is 1. The number of rotatable bonds is 3. The highest BCUT2D eigenvalue weighted by molar-refractivity contribution is 8.77. The molecule has 0 spiro atoms. The molecule has 0 radical (unpaired) electrons. The van der Waals surface area contributed by atoms with Gasteiger partial charge in [-0.1, -0.05) is 33.7 Å². The predicted molar refractivity (Wildman–Crippen MR) is 90.0 cm³/mol. The highest BCUT2D eigenvalue weighted by atomic mass is 33.1. The Balaban J connectivity index is 1.81. The van der Waals surface area contributed by atoms with Crippen LogP contribution >= 0.6 is 21.6 Å². The molecule has 22 heavy (non-hydrogen) atoms. The van der Waals surface area contributed by atoms with E-state index in [0.717, 1.165) is 17.7 Å². The molecule has 2 saturated heterocycles. The Hall–Kier alpha value is -1.14. The third-order valence-electron chi connectivity index (χ3n) is 4.42. The van der Waals surface area contributed by atoms with Crippen LogP contribution in [0, 0.1) is 5.92 Å². The van der Waals surface area contributed by atoms with Crippen molar-refractivity contribution in [3.63, 3.8) is 0 Å². The van der Waals surface area contributed by atoms with Gasteiger partial charge < -0.3 is 10.0 Å². The van der Waals surface area contributed by atoms with Crippen molar-refractivity contribution in [2.24, 2.45) is 5.92 Å². The van der Waals surface area contributed by atoms with E-state index < -0.39 is 5.97 Å². The molecule has 3 rings (SSSR count). The molecule has 6 heteroatoms. The Bertz CT molecular complexity index is 600. The molecular formula is C16H19NO3S2. The number of benzene rings is 1. The van der Waals surface area contributed by atoms with E-state index >= 15 is 0 Å². The average molecular weight is 337 g/mol. The van der Waals surface area contributed by atoms with E-state index in [1.54, 1.807) is 22.9 Å². The molecule has 2 fully saturated rings. The molecule has 1 aromatic rings. The number of carboxylic acid groups (broad SMARTS) is 1. The van der Waals surface area contributed by atoms with Gasteiger partial charge >= 0.3 is 5.97 Å². The number of hydrogen-bond donors (Lipinski definition) is 1. The summed E-state index contributed by atoms with van der Waals surface area (Å²) in [5, 5.41) is 8.96. The molecule has 1 aromatic carbocycles. The Kier molecular flexibility index (Phi) is 4.16. The topological polar surface area (TPSA) is 57.6 Å². The molecule has 1 N–H and O–H groups in total. The van der Waals surface area contributed by atoms with E-state index in [1.165, 1.54) is 0 Å². The van der Waals surface area contributed by atoms with Gasteiger partial charge in [0.2, 0.25) is 5.91 Å². The fourth-order valence-electron chi connectivity index (χ4n) is 3.15. The van der Waals surface area contributed by atoms with Crippen LogP contribution in [0.4, 0.5) is 0 Å². The third kappa shape index (κ3) is 2.86. The van der Waals surface area contributed by atoms with Gasteiger partial charge in [0.05, 0.1) is 11.5 Å². The maximum absolute atomic E-state index is 12.6. The number of carbonyl (C=O) groups excluding carboxylic acids is 1. The lowest BCUT2D eigenvalue weighted by Gasteiger charge is -2.37. The number of carboxylic acids is 1. The number of hydrogen-bond acceptors (Lipinski definition) is 4. The quantitative estimate of drug-likeness (QED) is 0.858. The highest BCUT2D eigenvalue weighted by Crippen LogP contribution is 2.50. The first kappa shape index (κ1) is 15.7. The molecular weight excluding hydrogens is 318 g/mol. The van der Waals surface area contributed by atoms with E-state index in [0.29, 0.717) is 6.54 Å². The standard InChI is InChI=1S/C16H19NO3S2/c1-16(2)13-7-12(9-21-22-16)14(18)17(13)8-10-3-5-11(6-4-10)15(19)20/h3-6,12-13H,7-9H2,1-2H3,(H,19,20). The SMILES string of the molecule is CC1(C)SSCC2CC1N(Cc1ccc(C(=O)O)cc1)C2=O. The van der Waals surface area contributed by atoms with Gasteiger partial charge in [-0.2, -0.15) is 0 Å². The first-order valence-corrected chi connectivity index (χ1v) is 9.64. The monoisotopic (exact) mass is 337 g/mol. The van der Waals surface area contributed by atoms with Gasteiger partial charge in [-0.05, 0) is 38.0 Å². The van der Waals surface area contributed by atoms with Gasteiger partial charge in [0.15, 0.2) is 0 Å². The zero-order valence-electron chi connectivity index (χ0n) is 12.6. The van der Waals surface area contributed by atoms with Gasteiger partial charge in [0, 0.05) is 23.1 Å². The van der Waals surface area contributed by atoms with Crippen LogP contribution in [0.15, 0.2) is 24.3 Å². The lowest BCUT2D eigenvalue weighted by molar-refractivity contribution is -0.132. The molecule has 2 atom stereocenters. The summed E-state index contributed by atoms with van der Waals surface area (Å²) in [5.41, 5.74) is 1.26. The number of carbonyl (C=O) groups is 2. The summed E-state index contributed by atoms with van der Waals surface area (Å²) in [4.78, 5) is 25.5. The molecule has 0 aliphatic carbocycles. The molecule has 0 saturated carbocycles. The molecule has 2 heterocycles. The Morgan fingerprint density at radius 2 is 2.05 bits per heavy atom. The molecule has 2 aliphatic rings. The van der Waals surface area contributed by atoms with Crippen LogP contribution in [0.3, 0.4) is 0 Å². The second-order valence-electron chi connectivity index (χ2n) is 6.39. The van der Waals surface area contributed by atoms with Crippen LogP contribution in [-0.4, -0.2) is 38.4 Å². The summed E-state index contributed by atoms with van der Waals surface area (Å²) >= 11 is 0. The van der Waals surface area contributed by atoms with Crippen molar-refractivity contribution in [3.8, 4) is 0 Å². The normalized spacial score (nSPS) is 26.8. The van der Waals surface area contributed by atoms with Gasteiger partial charge in [-0.15, -0.1) is 0 Å². The number of aromatic carboxylic acids is 1.